The maximum Gasteiger partial charge on any atom is 0.248 e. The summed E-state index contributed by atoms with van der Waals surface area (Å²) in [7, 11) is 1.65. The van der Waals surface area contributed by atoms with Crippen LogP contribution in [0.2, 0.25) is 0 Å². The number of pyridine rings is 1. The molecule has 5 heteroatoms. The number of H-pyrrole nitrogens is 1. The molecule has 2 aromatic rings. The van der Waals surface area contributed by atoms with Crippen LogP contribution in [-0.2, 0) is 6.54 Å². The van der Waals surface area contributed by atoms with E-state index in [1.807, 2.05) is 31.2 Å². The summed E-state index contributed by atoms with van der Waals surface area (Å²) >= 11 is 0. The van der Waals surface area contributed by atoms with Gasteiger partial charge in [-0.05, 0) is 30.7 Å². The smallest absolute Gasteiger partial charge is 0.248 e. The Morgan fingerprint density at radius 2 is 2.24 bits per heavy atom. The van der Waals surface area contributed by atoms with Gasteiger partial charge in [0.15, 0.2) is 0 Å². The van der Waals surface area contributed by atoms with Crippen LogP contribution in [0.4, 0.5) is 5.69 Å². The fourth-order valence-corrected chi connectivity index (χ4v) is 2.59. The molecule has 0 bridgehead atoms. The minimum Gasteiger partial charge on any atom is -0.497 e. The van der Waals surface area contributed by atoms with Crippen LogP contribution >= 0.6 is 0 Å². The molecule has 1 atom stereocenters. The van der Waals surface area contributed by atoms with Crippen LogP contribution in [0.3, 0.4) is 0 Å². The van der Waals surface area contributed by atoms with Crippen LogP contribution in [0.15, 0.2) is 41.3 Å². The van der Waals surface area contributed by atoms with Crippen LogP contribution < -0.4 is 19.9 Å². The van der Waals surface area contributed by atoms with Crippen molar-refractivity contribution in [3.63, 3.8) is 0 Å². The summed E-state index contributed by atoms with van der Waals surface area (Å²) in [5, 5.41) is 0. The minimum absolute atomic E-state index is 0.0836. The standard InChI is InChI=1S/C16H18N2O3/c1-11-9-18(10-12-5-6-17-16(19)7-12)14-8-13(20-2)3-4-15(14)21-11/h3-8,11H,9-10H2,1-2H3,(H,17,19). The Bertz CT molecular complexity index is 696. The van der Waals surface area contributed by atoms with Gasteiger partial charge in [-0.1, -0.05) is 0 Å². The lowest BCUT2D eigenvalue weighted by Gasteiger charge is -2.35. The number of methoxy groups -OCH3 is 1. The van der Waals surface area contributed by atoms with E-state index in [9.17, 15) is 4.79 Å². The SMILES string of the molecule is COc1ccc2c(c1)N(Cc1cc[nH]c(=O)c1)CC(C)O2. The Morgan fingerprint density at radius 1 is 1.38 bits per heavy atom. The first-order valence-electron chi connectivity index (χ1n) is 6.93. The van der Waals surface area contributed by atoms with Gasteiger partial charge in [0, 0.05) is 24.9 Å². The summed E-state index contributed by atoms with van der Waals surface area (Å²) in [4.78, 5) is 16.3. The maximum absolute atomic E-state index is 11.4. The van der Waals surface area contributed by atoms with Crippen molar-refractivity contribution < 1.29 is 9.47 Å². The number of fused-ring (bicyclic) bond motifs is 1. The van der Waals surface area contributed by atoms with E-state index in [4.69, 9.17) is 9.47 Å². The zero-order valence-electron chi connectivity index (χ0n) is 12.1. The van der Waals surface area contributed by atoms with Gasteiger partial charge < -0.3 is 19.4 Å². The first kappa shape index (κ1) is 13.5. The van der Waals surface area contributed by atoms with E-state index < -0.39 is 0 Å². The normalized spacial score (nSPS) is 17.0. The van der Waals surface area contributed by atoms with Crippen molar-refractivity contribution in [1.29, 1.82) is 0 Å². The van der Waals surface area contributed by atoms with Gasteiger partial charge >= 0.3 is 0 Å². The van der Waals surface area contributed by atoms with Crippen molar-refractivity contribution in [2.45, 2.75) is 19.6 Å². The number of hydrogen-bond acceptors (Lipinski definition) is 4. The molecule has 0 aliphatic carbocycles. The van der Waals surface area contributed by atoms with E-state index in [2.05, 4.69) is 9.88 Å². The monoisotopic (exact) mass is 286 g/mol. The Balaban J connectivity index is 1.94. The molecule has 0 spiro atoms. The average Bonchev–Trinajstić information content (AvgIpc) is 2.47. The van der Waals surface area contributed by atoms with E-state index in [1.54, 1.807) is 19.4 Å². The van der Waals surface area contributed by atoms with Crippen molar-refractivity contribution >= 4 is 5.69 Å². The van der Waals surface area contributed by atoms with E-state index in [1.165, 1.54) is 0 Å². The summed E-state index contributed by atoms with van der Waals surface area (Å²) in [5.41, 5.74) is 1.88. The van der Waals surface area contributed by atoms with Gasteiger partial charge in [0.2, 0.25) is 5.56 Å². The summed E-state index contributed by atoms with van der Waals surface area (Å²) in [6.45, 7) is 3.47. The Kier molecular flexibility index (Phi) is 3.56. The number of hydrogen-bond donors (Lipinski definition) is 1. The molecule has 0 saturated heterocycles. The molecule has 0 amide bonds. The quantitative estimate of drug-likeness (QED) is 0.939. The van der Waals surface area contributed by atoms with Crippen LogP contribution in [-0.4, -0.2) is 24.7 Å². The largest absolute Gasteiger partial charge is 0.497 e. The third-order valence-corrected chi connectivity index (χ3v) is 3.53. The Labute approximate surface area is 123 Å². The summed E-state index contributed by atoms with van der Waals surface area (Å²) in [5.74, 6) is 1.64. The van der Waals surface area contributed by atoms with Gasteiger partial charge in [0.1, 0.15) is 17.6 Å². The highest BCUT2D eigenvalue weighted by atomic mass is 16.5. The summed E-state index contributed by atoms with van der Waals surface area (Å²) < 4.78 is 11.1. The fourth-order valence-electron chi connectivity index (χ4n) is 2.59. The van der Waals surface area contributed by atoms with E-state index in [-0.39, 0.29) is 11.7 Å². The molecule has 21 heavy (non-hydrogen) atoms. The lowest BCUT2D eigenvalue weighted by atomic mass is 10.1. The van der Waals surface area contributed by atoms with E-state index in [0.29, 0.717) is 6.54 Å². The highest BCUT2D eigenvalue weighted by molar-refractivity contribution is 5.63. The third-order valence-electron chi connectivity index (χ3n) is 3.53. The summed E-state index contributed by atoms with van der Waals surface area (Å²) in [6.07, 6.45) is 1.78. The average molecular weight is 286 g/mol. The molecule has 1 aromatic carbocycles. The topological polar surface area (TPSA) is 54.6 Å². The number of aromatic amines is 1. The molecule has 0 radical (unpaired) electrons. The molecule has 3 rings (SSSR count). The number of benzene rings is 1. The first-order valence-corrected chi connectivity index (χ1v) is 6.93. The minimum atomic E-state index is -0.0836. The van der Waals surface area contributed by atoms with Gasteiger partial charge in [-0.15, -0.1) is 0 Å². The molecule has 0 fully saturated rings. The molecule has 1 unspecified atom stereocenters. The highest BCUT2D eigenvalue weighted by Crippen LogP contribution is 2.37. The zero-order chi connectivity index (χ0) is 14.8. The number of nitrogens with one attached hydrogen (secondary N) is 1. The lowest BCUT2D eigenvalue weighted by Crippen LogP contribution is -2.38. The molecule has 5 nitrogen and oxygen atoms in total. The predicted octanol–water partition coefficient (Wildman–Crippen LogP) is 2.17. The second-order valence-corrected chi connectivity index (χ2v) is 5.20. The van der Waals surface area contributed by atoms with Gasteiger partial charge in [-0.2, -0.15) is 0 Å². The summed E-state index contributed by atoms with van der Waals surface area (Å²) in [6, 6.07) is 9.33. The van der Waals surface area contributed by atoms with Gasteiger partial charge in [-0.25, -0.2) is 0 Å². The van der Waals surface area contributed by atoms with Crippen LogP contribution in [0.1, 0.15) is 12.5 Å². The lowest BCUT2D eigenvalue weighted by molar-refractivity contribution is 0.211. The molecule has 0 saturated carbocycles. The van der Waals surface area contributed by atoms with Crippen molar-refractivity contribution in [1.82, 2.24) is 4.98 Å². The van der Waals surface area contributed by atoms with Crippen molar-refractivity contribution in [2.75, 3.05) is 18.6 Å². The molecule has 2 heterocycles. The number of ether oxygens (including phenoxy) is 2. The second-order valence-electron chi connectivity index (χ2n) is 5.20. The molecular formula is C16H18N2O3. The fraction of sp³-hybridized carbons (Fsp3) is 0.312. The molecular weight excluding hydrogens is 268 g/mol. The van der Waals surface area contributed by atoms with E-state index in [0.717, 1.165) is 29.3 Å². The van der Waals surface area contributed by atoms with Crippen LogP contribution in [0, 0.1) is 0 Å². The molecule has 110 valence electrons. The van der Waals surface area contributed by atoms with Crippen LogP contribution in [0.25, 0.3) is 0 Å². The predicted molar refractivity (Wildman–Crippen MR) is 81.2 cm³/mol. The third kappa shape index (κ3) is 2.86. The Hall–Kier alpha value is -2.43. The van der Waals surface area contributed by atoms with Gasteiger partial charge in [0.25, 0.3) is 0 Å². The van der Waals surface area contributed by atoms with Crippen LogP contribution in [0.5, 0.6) is 11.5 Å². The highest BCUT2D eigenvalue weighted by Gasteiger charge is 2.23. The van der Waals surface area contributed by atoms with Crippen molar-refractivity contribution in [2.24, 2.45) is 0 Å². The van der Waals surface area contributed by atoms with E-state index >= 15 is 0 Å². The molecule has 1 aromatic heterocycles. The van der Waals surface area contributed by atoms with Crippen molar-refractivity contribution in [3.8, 4) is 11.5 Å². The van der Waals surface area contributed by atoms with Crippen molar-refractivity contribution in [3.05, 3.63) is 52.4 Å². The van der Waals surface area contributed by atoms with Gasteiger partial charge in [0.05, 0.1) is 19.3 Å². The Morgan fingerprint density at radius 3 is 3.00 bits per heavy atom. The van der Waals surface area contributed by atoms with Gasteiger partial charge in [-0.3, -0.25) is 4.79 Å². The number of aromatic nitrogens is 1. The zero-order valence-corrected chi connectivity index (χ0v) is 12.1. The maximum atomic E-state index is 11.4. The molecule has 1 aliphatic rings. The number of rotatable bonds is 3. The number of anilines is 1. The molecule has 1 N–H and O–H groups in total. The second kappa shape index (κ2) is 5.52. The molecule has 1 aliphatic heterocycles. The number of nitrogens with zero attached hydrogens (tertiary/aromatic N) is 1. The first-order chi connectivity index (χ1) is 10.2.